The van der Waals surface area contributed by atoms with Gasteiger partial charge in [-0.3, -0.25) is 9.59 Å². The molecular weight excluding hydrogens is 314 g/mol. The number of nitrogens with zero attached hydrogens (tertiary/aromatic N) is 1. The highest BCUT2D eigenvalue weighted by molar-refractivity contribution is 6.14. The average Bonchev–Trinajstić information content (AvgIpc) is 2.57. The fourth-order valence-electron chi connectivity index (χ4n) is 2.30. The monoisotopic (exact) mass is 335 g/mol. The molecule has 0 heterocycles. The van der Waals surface area contributed by atoms with E-state index < -0.39 is 17.2 Å². The van der Waals surface area contributed by atoms with Crippen molar-refractivity contribution < 1.29 is 9.59 Å². The van der Waals surface area contributed by atoms with Crippen LogP contribution < -0.4 is 10.6 Å². The van der Waals surface area contributed by atoms with E-state index in [1.165, 1.54) is 0 Å². The Hall–Kier alpha value is -3.13. The van der Waals surface area contributed by atoms with Crippen LogP contribution in [-0.2, 0) is 9.59 Å². The molecule has 128 valence electrons. The van der Waals surface area contributed by atoms with Gasteiger partial charge < -0.3 is 10.6 Å². The van der Waals surface area contributed by atoms with E-state index in [0.29, 0.717) is 16.9 Å². The molecule has 0 saturated carbocycles. The van der Waals surface area contributed by atoms with Crippen LogP contribution in [0.1, 0.15) is 30.5 Å². The molecule has 0 aliphatic carbocycles. The van der Waals surface area contributed by atoms with E-state index in [4.69, 9.17) is 5.26 Å². The lowest BCUT2D eigenvalue weighted by Crippen LogP contribution is -2.41. The summed E-state index contributed by atoms with van der Waals surface area (Å²) < 4.78 is 0. The molecular formula is C20H21N3O2. The van der Waals surface area contributed by atoms with E-state index in [-0.39, 0.29) is 0 Å². The number of carbonyl (C=O) groups is 2. The second kappa shape index (κ2) is 7.18. The normalized spacial score (nSPS) is 10.7. The molecule has 2 aromatic carbocycles. The Morgan fingerprint density at radius 3 is 2.16 bits per heavy atom. The Morgan fingerprint density at radius 2 is 1.56 bits per heavy atom. The van der Waals surface area contributed by atoms with Gasteiger partial charge in [0.05, 0.1) is 11.3 Å². The van der Waals surface area contributed by atoms with Crippen molar-refractivity contribution >= 4 is 23.2 Å². The van der Waals surface area contributed by atoms with Crippen LogP contribution in [0.2, 0.25) is 0 Å². The lowest BCUT2D eigenvalue weighted by atomic mass is 9.90. The highest BCUT2D eigenvalue weighted by Gasteiger charge is 2.36. The number of nitrogens with one attached hydrogen (secondary N) is 2. The highest BCUT2D eigenvalue weighted by Crippen LogP contribution is 2.24. The minimum Gasteiger partial charge on any atom is -0.325 e. The molecule has 2 N–H and O–H groups in total. The van der Waals surface area contributed by atoms with E-state index in [2.05, 4.69) is 10.6 Å². The van der Waals surface area contributed by atoms with Gasteiger partial charge in [0.1, 0.15) is 11.5 Å². The van der Waals surface area contributed by atoms with E-state index in [1.54, 1.807) is 38.1 Å². The lowest BCUT2D eigenvalue weighted by molar-refractivity contribution is -0.135. The quantitative estimate of drug-likeness (QED) is 0.834. The number of nitriles is 1. The number of anilines is 2. The molecule has 0 spiro atoms. The standard InChI is InChI=1S/C20H21N3O2/c1-13-9-10-16(14(2)11-13)22-18(24)20(3,4)19(25)23-17-8-6-5-7-15(17)12-21/h5-11H,1-4H3,(H,22,24)(H,23,25). The van der Waals surface area contributed by atoms with E-state index in [1.807, 2.05) is 38.1 Å². The molecule has 0 aliphatic rings. The second-order valence-corrected chi connectivity index (χ2v) is 6.51. The third-order valence-electron chi connectivity index (χ3n) is 4.06. The number of hydrogen-bond donors (Lipinski definition) is 2. The predicted octanol–water partition coefficient (Wildman–Crippen LogP) is 3.78. The minimum absolute atomic E-state index is 0.349. The Morgan fingerprint density at radius 1 is 0.960 bits per heavy atom. The number of benzene rings is 2. The average molecular weight is 335 g/mol. The summed E-state index contributed by atoms with van der Waals surface area (Å²) in [5.41, 5.74) is 2.14. The minimum atomic E-state index is -1.31. The summed E-state index contributed by atoms with van der Waals surface area (Å²) in [6.45, 7) is 6.98. The summed E-state index contributed by atoms with van der Waals surface area (Å²) in [5, 5.41) is 14.6. The number of hydrogen-bond acceptors (Lipinski definition) is 3. The van der Waals surface area contributed by atoms with Crippen molar-refractivity contribution in [3.05, 3.63) is 59.2 Å². The smallest absolute Gasteiger partial charge is 0.239 e. The summed E-state index contributed by atoms with van der Waals surface area (Å²) in [7, 11) is 0. The number of amides is 2. The molecule has 2 rings (SSSR count). The Bertz CT molecular complexity index is 863. The summed E-state index contributed by atoms with van der Waals surface area (Å²) in [6, 6.07) is 14.4. The predicted molar refractivity (Wildman–Crippen MR) is 98.1 cm³/mol. The van der Waals surface area contributed by atoms with Crippen molar-refractivity contribution in [1.29, 1.82) is 5.26 Å². The van der Waals surface area contributed by atoms with Crippen LogP contribution in [0.3, 0.4) is 0 Å². The molecule has 0 aromatic heterocycles. The zero-order valence-electron chi connectivity index (χ0n) is 14.8. The van der Waals surface area contributed by atoms with Gasteiger partial charge in [-0.2, -0.15) is 5.26 Å². The van der Waals surface area contributed by atoms with Crippen molar-refractivity contribution in [3.8, 4) is 6.07 Å². The molecule has 0 fully saturated rings. The first-order valence-corrected chi connectivity index (χ1v) is 7.95. The first kappa shape index (κ1) is 18.2. The fourth-order valence-corrected chi connectivity index (χ4v) is 2.30. The third kappa shape index (κ3) is 4.04. The van der Waals surface area contributed by atoms with Crippen LogP contribution in [0, 0.1) is 30.6 Å². The first-order valence-electron chi connectivity index (χ1n) is 7.95. The van der Waals surface area contributed by atoms with Crippen molar-refractivity contribution in [2.45, 2.75) is 27.7 Å². The van der Waals surface area contributed by atoms with Crippen molar-refractivity contribution in [3.63, 3.8) is 0 Å². The lowest BCUT2D eigenvalue weighted by Gasteiger charge is -2.23. The topological polar surface area (TPSA) is 82.0 Å². The van der Waals surface area contributed by atoms with Crippen LogP contribution >= 0.6 is 0 Å². The molecule has 0 saturated heterocycles. The molecule has 2 amide bonds. The second-order valence-electron chi connectivity index (χ2n) is 6.51. The maximum absolute atomic E-state index is 12.6. The van der Waals surface area contributed by atoms with Crippen LogP contribution in [-0.4, -0.2) is 11.8 Å². The van der Waals surface area contributed by atoms with Crippen LogP contribution in [0.25, 0.3) is 0 Å². The molecule has 5 nitrogen and oxygen atoms in total. The van der Waals surface area contributed by atoms with E-state index >= 15 is 0 Å². The molecule has 0 atom stereocenters. The van der Waals surface area contributed by atoms with Crippen molar-refractivity contribution in [2.75, 3.05) is 10.6 Å². The molecule has 2 aromatic rings. The number of carbonyl (C=O) groups excluding carboxylic acids is 2. The largest absolute Gasteiger partial charge is 0.325 e. The van der Waals surface area contributed by atoms with Gasteiger partial charge in [0.25, 0.3) is 0 Å². The molecule has 25 heavy (non-hydrogen) atoms. The first-order chi connectivity index (χ1) is 11.8. The molecule has 0 radical (unpaired) electrons. The maximum atomic E-state index is 12.6. The third-order valence-corrected chi connectivity index (χ3v) is 4.06. The molecule has 0 aliphatic heterocycles. The number of rotatable bonds is 4. The van der Waals surface area contributed by atoms with Gasteiger partial charge in [-0.1, -0.05) is 29.8 Å². The Labute approximate surface area is 147 Å². The maximum Gasteiger partial charge on any atom is 0.239 e. The fraction of sp³-hybridized carbons (Fsp3) is 0.250. The Kier molecular flexibility index (Phi) is 5.23. The van der Waals surface area contributed by atoms with Crippen LogP contribution in [0.15, 0.2) is 42.5 Å². The zero-order chi connectivity index (χ0) is 18.6. The molecule has 0 bridgehead atoms. The van der Waals surface area contributed by atoms with Gasteiger partial charge in [-0.15, -0.1) is 0 Å². The summed E-state index contributed by atoms with van der Waals surface area (Å²) in [5.74, 6) is -0.885. The van der Waals surface area contributed by atoms with Gasteiger partial charge >= 0.3 is 0 Å². The summed E-state index contributed by atoms with van der Waals surface area (Å²) in [4.78, 5) is 25.2. The molecule has 5 heteroatoms. The van der Waals surface area contributed by atoms with Gasteiger partial charge in [-0.25, -0.2) is 0 Å². The van der Waals surface area contributed by atoms with Crippen LogP contribution in [0.4, 0.5) is 11.4 Å². The van der Waals surface area contributed by atoms with Gasteiger partial charge in [0, 0.05) is 5.69 Å². The SMILES string of the molecule is Cc1ccc(NC(=O)C(C)(C)C(=O)Nc2ccccc2C#N)c(C)c1. The van der Waals surface area contributed by atoms with Gasteiger partial charge in [0.2, 0.25) is 11.8 Å². The Balaban J connectivity index is 2.17. The van der Waals surface area contributed by atoms with E-state index in [9.17, 15) is 9.59 Å². The molecule has 0 unspecified atom stereocenters. The summed E-state index contributed by atoms with van der Waals surface area (Å²) in [6.07, 6.45) is 0. The van der Waals surface area contributed by atoms with Crippen molar-refractivity contribution in [1.82, 2.24) is 0 Å². The van der Waals surface area contributed by atoms with Crippen molar-refractivity contribution in [2.24, 2.45) is 5.41 Å². The summed E-state index contributed by atoms with van der Waals surface area (Å²) >= 11 is 0. The highest BCUT2D eigenvalue weighted by atomic mass is 16.2. The van der Waals surface area contributed by atoms with Gasteiger partial charge in [0.15, 0.2) is 0 Å². The number of para-hydroxylation sites is 1. The number of aryl methyl sites for hydroxylation is 2. The zero-order valence-corrected chi connectivity index (χ0v) is 14.8. The van der Waals surface area contributed by atoms with E-state index in [0.717, 1.165) is 11.1 Å². The van der Waals surface area contributed by atoms with Gasteiger partial charge in [-0.05, 0) is 51.5 Å². The van der Waals surface area contributed by atoms with Crippen LogP contribution in [0.5, 0.6) is 0 Å².